The molecular weight excluding hydrogens is 178 g/mol. The molecule has 1 aliphatic rings. The summed E-state index contributed by atoms with van der Waals surface area (Å²) in [6.07, 6.45) is 3.44. The van der Waals surface area contributed by atoms with Crippen molar-refractivity contribution in [1.29, 1.82) is 0 Å². The normalized spacial score (nSPS) is 23.7. The molecule has 0 aromatic carbocycles. The highest BCUT2D eigenvalue weighted by molar-refractivity contribution is 5.81. The second-order valence-electron chi connectivity index (χ2n) is 3.86. The van der Waals surface area contributed by atoms with Gasteiger partial charge in [-0.2, -0.15) is 0 Å². The summed E-state index contributed by atoms with van der Waals surface area (Å²) >= 11 is 0. The molecule has 1 unspecified atom stereocenters. The van der Waals surface area contributed by atoms with E-state index in [0.29, 0.717) is 5.78 Å². The molecule has 0 aromatic heterocycles. The Labute approximate surface area is 86.4 Å². The largest absolute Gasteiger partial charge is 0.380 e. The molecule has 1 aliphatic heterocycles. The van der Waals surface area contributed by atoms with E-state index in [4.69, 9.17) is 4.74 Å². The summed E-state index contributed by atoms with van der Waals surface area (Å²) in [6, 6.07) is 0.157. The van der Waals surface area contributed by atoms with Crippen LogP contribution in [-0.4, -0.2) is 43.0 Å². The topological polar surface area (TPSA) is 29.5 Å². The molecule has 14 heavy (non-hydrogen) atoms. The van der Waals surface area contributed by atoms with Gasteiger partial charge in [0, 0.05) is 13.2 Å². The van der Waals surface area contributed by atoms with Crippen molar-refractivity contribution in [2.24, 2.45) is 0 Å². The molecule has 0 spiro atoms. The predicted octanol–water partition coefficient (Wildman–Crippen LogP) is 1.47. The molecule has 0 aromatic rings. The minimum absolute atomic E-state index is 0.157. The standard InChI is InChI=1S/C11H21NO2/c1-3-14-9-8-12-7-5-4-6-11(12)10(2)13/h11H,3-9H2,1-2H3. The fourth-order valence-electron chi connectivity index (χ4n) is 2.05. The second kappa shape index (κ2) is 6.14. The number of hydrogen-bond acceptors (Lipinski definition) is 3. The van der Waals surface area contributed by atoms with Gasteiger partial charge in [0.1, 0.15) is 5.78 Å². The number of piperidine rings is 1. The lowest BCUT2D eigenvalue weighted by molar-refractivity contribution is -0.123. The molecule has 3 nitrogen and oxygen atoms in total. The van der Waals surface area contributed by atoms with Crippen LogP contribution in [0.15, 0.2) is 0 Å². The number of rotatable bonds is 5. The van der Waals surface area contributed by atoms with Crippen LogP contribution in [0.3, 0.4) is 0 Å². The van der Waals surface area contributed by atoms with Gasteiger partial charge in [0.15, 0.2) is 0 Å². The Hall–Kier alpha value is -0.410. The van der Waals surface area contributed by atoms with Crippen molar-refractivity contribution in [2.45, 2.75) is 39.2 Å². The molecule has 1 saturated heterocycles. The van der Waals surface area contributed by atoms with Gasteiger partial charge in [0.25, 0.3) is 0 Å². The number of nitrogens with zero attached hydrogens (tertiary/aromatic N) is 1. The maximum Gasteiger partial charge on any atom is 0.146 e. The fourth-order valence-corrected chi connectivity index (χ4v) is 2.05. The molecule has 0 saturated carbocycles. The first-order valence-electron chi connectivity index (χ1n) is 5.58. The SMILES string of the molecule is CCOCCN1CCCCC1C(C)=O. The van der Waals surface area contributed by atoms with Crippen molar-refractivity contribution in [3.05, 3.63) is 0 Å². The van der Waals surface area contributed by atoms with Crippen molar-refractivity contribution in [1.82, 2.24) is 4.90 Å². The smallest absolute Gasteiger partial charge is 0.146 e. The van der Waals surface area contributed by atoms with Gasteiger partial charge in [-0.25, -0.2) is 0 Å². The number of hydrogen-bond donors (Lipinski definition) is 0. The molecular formula is C11H21NO2. The van der Waals surface area contributed by atoms with Gasteiger partial charge in [-0.15, -0.1) is 0 Å². The van der Waals surface area contributed by atoms with E-state index in [1.54, 1.807) is 6.92 Å². The zero-order valence-corrected chi connectivity index (χ0v) is 9.29. The maximum absolute atomic E-state index is 11.4. The lowest BCUT2D eigenvalue weighted by Crippen LogP contribution is -2.45. The van der Waals surface area contributed by atoms with Crippen LogP contribution < -0.4 is 0 Å². The summed E-state index contributed by atoms with van der Waals surface area (Å²) in [5.74, 6) is 0.307. The van der Waals surface area contributed by atoms with E-state index in [2.05, 4.69) is 4.90 Å². The van der Waals surface area contributed by atoms with Crippen molar-refractivity contribution in [2.75, 3.05) is 26.3 Å². The summed E-state index contributed by atoms with van der Waals surface area (Å²) in [4.78, 5) is 13.6. The summed E-state index contributed by atoms with van der Waals surface area (Å²) in [5.41, 5.74) is 0. The van der Waals surface area contributed by atoms with Gasteiger partial charge in [-0.3, -0.25) is 9.69 Å². The Morgan fingerprint density at radius 1 is 1.50 bits per heavy atom. The first-order valence-corrected chi connectivity index (χ1v) is 5.58. The van der Waals surface area contributed by atoms with E-state index >= 15 is 0 Å². The number of Topliss-reactive ketones (excluding diaryl/α,β-unsaturated/α-hetero) is 1. The molecule has 1 atom stereocenters. The molecule has 3 heteroatoms. The summed E-state index contributed by atoms with van der Waals surface area (Å²) in [5, 5.41) is 0. The number of ether oxygens (including phenoxy) is 1. The van der Waals surface area contributed by atoms with Crippen LogP contribution >= 0.6 is 0 Å². The molecule has 0 amide bonds. The predicted molar refractivity (Wildman–Crippen MR) is 56.4 cm³/mol. The third-order valence-electron chi connectivity index (χ3n) is 2.81. The van der Waals surface area contributed by atoms with Crippen molar-refractivity contribution >= 4 is 5.78 Å². The molecule has 0 aliphatic carbocycles. The van der Waals surface area contributed by atoms with Gasteiger partial charge in [0.2, 0.25) is 0 Å². The highest BCUT2D eigenvalue weighted by atomic mass is 16.5. The Morgan fingerprint density at radius 2 is 2.29 bits per heavy atom. The third-order valence-corrected chi connectivity index (χ3v) is 2.81. The van der Waals surface area contributed by atoms with E-state index in [1.807, 2.05) is 6.92 Å². The third kappa shape index (κ3) is 3.39. The van der Waals surface area contributed by atoms with E-state index in [0.717, 1.165) is 32.7 Å². The fraction of sp³-hybridized carbons (Fsp3) is 0.909. The summed E-state index contributed by atoms with van der Waals surface area (Å²) in [6.45, 7) is 7.16. The second-order valence-corrected chi connectivity index (χ2v) is 3.86. The number of carbonyl (C=O) groups excluding carboxylic acids is 1. The number of carbonyl (C=O) groups is 1. The Bertz CT molecular complexity index is 182. The maximum atomic E-state index is 11.4. The van der Waals surface area contributed by atoms with Crippen molar-refractivity contribution < 1.29 is 9.53 Å². The average molecular weight is 199 g/mol. The Morgan fingerprint density at radius 3 is 2.93 bits per heavy atom. The quantitative estimate of drug-likeness (QED) is 0.628. The number of likely N-dealkylation sites (tertiary alicyclic amines) is 1. The van der Waals surface area contributed by atoms with E-state index in [1.165, 1.54) is 12.8 Å². The van der Waals surface area contributed by atoms with Gasteiger partial charge in [0.05, 0.1) is 12.6 Å². The van der Waals surface area contributed by atoms with E-state index < -0.39 is 0 Å². The monoisotopic (exact) mass is 199 g/mol. The van der Waals surface area contributed by atoms with Gasteiger partial charge in [-0.05, 0) is 33.2 Å². The highest BCUT2D eigenvalue weighted by Crippen LogP contribution is 2.17. The first kappa shape index (κ1) is 11.7. The molecule has 0 bridgehead atoms. The van der Waals surface area contributed by atoms with Crippen LogP contribution in [0.4, 0.5) is 0 Å². The number of ketones is 1. The molecule has 82 valence electrons. The van der Waals surface area contributed by atoms with Crippen LogP contribution in [0.2, 0.25) is 0 Å². The average Bonchev–Trinajstić information content (AvgIpc) is 2.19. The van der Waals surface area contributed by atoms with Gasteiger partial charge >= 0.3 is 0 Å². The zero-order chi connectivity index (χ0) is 10.4. The summed E-state index contributed by atoms with van der Waals surface area (Å²) in [7, 11) is 0. The lowest BCUT2D eigenvalue weighted by Gasteiger charge is -2.33. The van der Waals surface area contributed by atoms with Gasteiger partial charge < -0.3 is 4.74 Å². The van der Waals surface area contributed by atoms with Crippen molar-refractivity contribution in [3.8, 4) is 0 Å². The molecule has 1 rings (SSSR count). The minimum Gasteiger partial charge on any atom is -0.380 e. The Kier molecular flexibility index (Phi) is 5.12. The van der Waals surface area contributed by atoms with Gasteiger partial charge in [-0.1, -0.05) is 6.42 Å². The van der Waals surface area contributed by atoms with Crippen LogP contribution in [0.5, 0.6) is 0 Å². The molecule has 1 heterocycles. The van der Waals surface area contributed by atoms with Crippen molar-refractivity contribution in [3.63, 3.8) is 0 Å². The zero-order valence-electron chi connectivity index (χ0n) is 9.29. The van der Waals surface area contributed by atoms with Crippen LogP contribution in [0.1, 0.15) is 33.1 Å². The van der Waals surface area contributed by atoms with Crippen LogP contribution in [0.25, 0.3) is 0 Å². The molecule has 0 radical (unpaired) electrons. The van der Waals surface area contributed by atoms with E-state index in [9.17, 15) is 4.79 Å². The Balaban J connectivity index is 2.34. The summed E-state index contributed by atoms with van der Waals surface area (Å²) < 4.78 is 5.31. The first-order chi connectivity index (χ1) is 6.75. The van der Waals surface area contributed by atoms with Crippen LogP contribution in [0, 0.1) is 0 Å². The van der Waals surface area contributed by atoms with E-state index in [-0.39, 0.29) is 6.04 Å². The van der Waals surface area contributed by atoms with Crippen LogP contribution in [-0.2, 0) is 9.53 Å². The minimum atomic E-state index is 0.157. The lowest BCUT2D eigenvalue weighted by atomic mass is 9.99. The highest BCUT2D eigenvalue weighted by Gasteiger charge is 2.25. The molecule has 0 N–H and O–H groups in total. The molecule has 1 fully saturated rings.